The lowest BCUT2D eigenvalue weighted by atomic mass is 10.1. The van der Waals surface area contributed by atoms with E-state index in [2.05, 4.69) is 15.6 Å². The molecule has 0 saturated carbocycles. The van der Waals surface area contributed by atoms with Crippen LogP contribution < -0.4 is 25.1 Å². The minimum absolute atomic E-state index is 0.0958. The van der Waals surface area contributed by atoms with Gasteiger partial charge < -0.3 is 14.8 Å². The quantitative estimate of drug-likeness (QED) is 0.581. The molecule has 6 nitrogen and oxygen atoms in total. The predicted octanol–water partition coefficient (Wildman–Crippen LogP) is 3.16. The Kier molecular flexibility index (Phi) is 6.86. The van der Waals surface area contributed by atoms with Crippen molar-refractivity contribution in [2.45, 2.75) is 13.0 Å². The van der Waals surface area contributed by atoms with Gasteiger partial charge in [0.2, 0.25) is 0 Å². The normalized spacial score (nSPS) is 10.4. The molecule has 0 atom stereocenters. The zero-order valence-electron chi connectivity index (χ0n) is 16.0. The van der Waals surface area contributed by atoms with Gasteiger partial charge in [0.1, 0.15) is 6.20 Å². The first-order chi connectivity index (χ1) is 13.7. The van der Waals surface area contributed by atoms with E-state index in [4.69, 9.17) is 9.47 Å². The van der Waals surface area contributed by atoms with Gasteiger partial charge in [0.25, 0.3) is 11.7 Å². The second-order valence-corrected chi connectivity index (χ2v) is 7.15. The maximum absolute atomic E-state index is 12.2. The van der Waals surface area contributed by atoms with Crippen molar-refractivity contribution < 1.29 is 19.3 Å². The number of hydrogen-bond donors (Lipinski definition) is 2. The minimum Gasteiger partial charge on any atom is -0.493 e. The van der Waals surface area contributed by atoms with E-state index in [1.165, 1.54) is 0 Å². The van der Waals surface area contributed by atoms with Crippen molar-refractivity contribution in [3.63, 3.8) is 0 Å². The predicted molar refractivity (Wildman–Crippen MR) is 110 cm³/mol. The SMILES string of the molecule is COc1ccc(CCNc2ccc(C(=O)NCc3cccs3)c[nH+]2)cc1OC. The Labute approximate surface area is 168 Å². The number of anilines is 1. The average molecular weight is 399 g/mol. The number of thiophene rings is 1. The fourth-order valence-electron chi connectivity index (χ4n) is 2.74. The smallest absolute Gasteiger partial charge is 0.272 e. The lowest BCUT2D eigenvalue weighted by molar-refractivity contribution is -0.361. The number of carbonyl (C=O) groups excluding carboxylic acids is 1. The van der Waals surface area contributed by atoms with Crippen molar-refractivity contribution in [2.24, 2.45) is 0 Å². The number of amides is 1. The Hall–Kier alpha value is -3.06. The van der Waals surface area contributed by atoms with Crippen LogP contribution in [0.3, 0.4) is 0 Å². The van der Waals surface area contributed by atoms with Gasteiger partial charge in [-0.05, 0) is 35.2 Å². The van der Waals surface area contributed by atoms with E-state index >= 15 is 0 Å². The zero-order valence-corrected chi connectivity index (χ0v) is 16.8. The summed E-state index contributed by atoms with van der Waals surface area (Å²) in [5.41, 5.74) is 1.75. The van der Waals surface area contributed by atoms with Crippen molar-refractivity contribution >= 4 is 23.1 Å². The van der Waals surface area contributed by atoms with E-state index in [9.17, 15) is 4.79 Å². The Balaban J connectivity index is 1.48. The number of methoxy groups -OCH3 is 2. The summed E-state index contributed by atoms with van der Waals surface area (Å²) in [5.74, 6) is 2.21. The van der Waals surface area contributed by atoms with Crippen LogP contribution in [0.15, 0.2) is 54.0 Å². The average Bonchev–Trinajstić information content (AvgIpc) is 3.26. The van der Waals surface area contributed by atoms with E-state index in [0.29, 0.717) is 12.1 Å². The minimum atomic E-state index is -0.0958. The molecule has 0 saturated heterocycles. The number of hydrogen-bond acceptors (Lipinski definition) is 5. The van der Waals surface area contributed by atoms with E-state index in [1.54, 1.807) is 37.8 Å². The van der Waals surface area contributed by atoms with Crippen molar-refractivity contribution in [1.29, 1.82) is 0 Å². The van der Waals surface area contributed by atoms with Crippen LogP contribution in [0.1, 0.15) is 20.8 Å². The summed E-state index contributed by atoms with van der Waals surface area (Å²) in [4.78, 5) is 16.4. The van der Waals surface area contributed by atoms with Crippen LogP contribution in [0.25, 0.3) is 0 Å². The van der Waals surface area contributed by atoms with Gasteiger partial charge in [-0.15, -0.1) is 11.3 Å². The monoisotopic (exact) mass is 398 g/mol. The molecule has 3 aromatic rings. The molecule has 2 aromatic heterocycles. The van der Waals surface area contributed by atoms with Gasteiger partial charge >= 0.3 is 0 Å². The molecule has 2 heterocycles. The van der Waals surface area contributed by atoms with Crippen LogP contribution in [0.5, 0.6) is 11.5 Å². The van der Waals surface area contributed by atoms with Gasteiger partial charge in [-0.1, -0.05) is 12.1 Å². The Morgan fingerprint density at radius 2 is 1.96 bits per heavy atom. The summed E-state index contributed by atoms with van der Waals surface area (Å²) >= 11 is 1.63. The first-order valence-electron chi connectivity index (χ1n) is 8.96. The number of H-pyrrole nitrogens is 1. The van der Waals surface area contributed by atoms with Gasteiger partial charge in [-0.25, -0.2) is 4.98 Å². The highest BCUT2D eigenvalue weighted by molar-refractivity contribution is 7.09. The van der Waals surface area contributed by atoms with Gasteiger partial charge in [-0.3, -0.25) is 10.1 Å². The van der Waals surface area contributed by atoms with Gasteiger partial charge in [0.15, 0.2) is 11.5 Å². The molecule has 146 valence electrons. The standard InChI is InChI=1S/C21H23N3O3S/c1-26-18-7-5-15(12-19(18)27-2)9-10-22-20-8-6-16(13-23-20)21(25)24-14-17-4-3-11-28-17/h3-8,11-13H,9-10,14H2,1-2H3,(H,22,23)(H,24,25)/p+1. The maximum atomic E-state index is 12.2. The molecule has 0 spiro atoms. The highest BCUT2D eigenvalue weighted by Crippen LogP contribution is 2.27. The number of carbonyl (C=O) groups is 1. The molecule has 1 amide bonds. The third-order valence-electron chi connectivity index (χ3n) is 4.26. The lowest BCUT2D eigenvalue weighted by Crippen LogP contribution is -2.24. The highest BCUT2D eigenvalue weighted by atomic mass is 32.1. The van der Waals surface area contributed by atoms with Gasteiger partial charge in [0, 0.05) is 17.4 Å². The number of ether oxygens (including phenoxy) is 2. The largest absolute Gasteiger partial charge is 0.493 e. The van der Waals surface area contributed by atoms with Gasteiger partial charge in [-0.2, -0.15) is 0 Å². The van der Waals surface area contributed by atoms with E-state index < -0.39 is 0 Å². The van der Waals surface area contributed by atoms with Crippen LogP contribution in [0.4, 0.5) is 5.82 Å². The topological polar surface area (TPSA) is 73.7 Å². The molecule has 0 aliphatic rings. The van der Waals surface area contributed by atoms with Gasteiger partial charge in [0.05, 0.1) is 32.9 Å². The summed E-state index contributed by atoms with van der Waals surface area (Å²) in [7, 11) is 3.26. The molecular weight excluding hydrogens is 374 g/mol. The fourth-order valence-corrected chi connectivity index (χ4v) is 3.38. The number of aromatic nitrogens is 1. The lowest BCUT2D eigenvalue weighted by Gasteiger charge is -2.09. The first-order valence-corrected chi connectivity index (χ1v) is 9.84. The number of pyridine rings is 1. The second-order valence-electron chi connectivity index (χ2n) is 6.12. The van der Waals surface area contributed by atoms with Crippen molar-refractivity contribution in [3.8, 4) is 11.5 Å². The summed E-state index contributed by atoms with van der Waals surface area (Å²) in [6.45, 7) is 1.29. The molecule has 0 unspecified atom stereocenters. The van der Waals surface area contributed by atoms with Crippen LogP contribution in [-0.2, 0) is 13.0 Å². The molecule has 28 heavy (non-hydrogen) atoms. The summed E-state index contributed by atoms with van der Waals surface area (Å²) < 4.78 is 10.6. The molecular formula is C21H24N3O3S+. The molecule has 3 rings (SSSR count). The maximum Gasteiger partial charge on any atom is 0.272 e. The first kappa shape index (κ1) is 19.7. The van der Waals surface area contributed by atoms with Crippen LogP contribution in [-0.4, -0.2) is 26.7 Å². The van der Waals surface area contributed by atoms with E-state index in [-0.39, 0.29) is 5.91 Å². The van der Waals surface area contributed by atoms with E-state index in [0.717, 1.165) is 40.7 Å². The molecule has 0 fully saturated rings. The number of aromatic amines is 1. The molecule has 0 aliphatic heterocycles. The van der Waals surface area contributed by atoms with Crippen molar-refractivity contribution in [1.82, 2.24) is 5.32 Å². The fraction of sp³-hybridized carbons (Fsp3) is 0.238. The van der Waals surface area contributed by atoms with Crippen LogP contribution in [0, 0.1) is 0 Å². The molecule has 0 radical (unpaired) electrons. The number of benzene rings is 1. The zero-order chi connectivity index (χ0) is 19.8. The van der Waals surface area contributed by atoms with Crippen LogP contribution >= 0.6 is 11.3 Å². The molecule has 1 aromatic carbocycles. The molecule has 0 bridgehead atoms. The molecule has 3 N–H and O–H groups in total. The van der Waals surface area contributed by atoms with Crippen LogP contribution in [0.2, 0.25) is 0 Å². The summed E-state index contributed by atoms with van der Waals surface area (Å²) in [6.07, 6.45) is 2.54. The summed E-state index contributed by atoms with van der Waals surface area (Å²) in [5, 5.41) is 8.23. The third kappa shape index (κ3) is 5.23. The molecule has 0 aliphatic carbocycles. The van der Waals surface area contributed by atoms with Crippen molar-refractivity contribution in [2.75, 3.05) is 26.1 Å². The van der Waals surface area contributed by atoms with Crippen molar-refractivity contribution in [3.05, 3.63) is 70.0 Å². The number of rotatable bonds is 9. The second kappa shape index (κ2) is 9.75. The summed E-state index contributed by atoms with van der Waals surface area (Å²) in [6, 6.07) is 13.6. The third-order valence-corrected chi connectivity index (χ3v) is 5.13. The Bertz CT molecular complexity index is 896. The highest BCUT2D eigenvalue weighted by Gasteiger charge is 2.09. The molecule has 7 heteroatoms. The Morgan fingerprint density at radius 1 is 1.11 bits per heavy atom. The van der Waals surface area contributed by atoms with E-state index in [1.807, 2.05) is 41.8 Å². The Morgan fingerprint density at radius 3 is 2.64 bits per heavy atom. The number of nitrogens with one attached hydrogen (secondary N) is 3.